The summed E-state index contributed by atoms with van der Waals surface area (Å²) in [5.74, 6) is 0. The number of hydrogen-bond acceptors (Lipinski definition) is 3. The molecule has 1 aromatic heterocycles. The quantitative estimate of drug-likeness (QED) is 0.829. The molecule has 2 N–H and O–H groups in total. The average Bonchev–Trinajstić information content (AvgIpc) is 2.28. The van der Waals surface area contributed by atoms with Gasteiger partial charge in [-0.05, 0) is 31.5 Å². The standard InChI is InChI=1S/C11H15F3N2S/c1-2-9(5-6-15)17-10-4-3-8(7-16-10)11(12,13)14/h3-4,7,9H,2,5-6,15H2,1H3. The van der Waals surface area contributed by atoms with Crippen LogP contribution < -0.4 is 5.73 Å². The van der Waals surface area contributed by atoms with E-state index in [1.807, 2.05) is 6.92 Å². The van der Waals surface area contributed by atoms with Crippen molar-refractivity contribution >= 4 is 11.8 Å². The summed E-state index contributed by atoms with van der Waals surface area (Å²) in [7, 11) is 0. The third kappa shape index (κ3) is 4.55. The zero-order chi connectivity index (χ0) is 12.9. The van der Waals surface area contributed by atoms with Gasteiger partial charge in [0.25, 0.3) is 0 Å². The van der Waals surface area contributed by atoms with Gasteiger partial charge in [-0.3, -0.25) is 0 Å². The summed E-state index contributed by atoms with van der Waals surface area (Å²) in [5, 5.41) is 0.919. The van der Waals surface area contributed by atoms with E-state index >= 15 is 0 Å². The number of nitrogens with two attached hydrogens (primary N) is 1. The van der Waals surface area contributed by atoms with Gasteiger partial charge in [-0.25, -0.2) is 4.98 Å². The van der Waals surface area contributed by atoms with Crippen LogP contribution in [0.3, 0.4) is 0 Å². The molecule has 0 aliphatic carbocycles. The topological polar surface area (TPSA) is 38.9 Å². The molecule has 1 unspecified atom stereocenters. The van der Waals surface area contributed by atoms with E-state index in [-0.39, 0.29) is 0 Å². The van der Waals surface area contributed by atoms with Gasteiger partial charge in [0, 0.05) is 11.4 Å². The van der Waals surface area contributed by atoms with Crippen molar-refractivity contribution < 1.29 is 13.2 Å². The first kappa shape index (κ1) is 14.3. The predicted molar refractivity (Wildman–Crippen MR) is 62.8 cm³/mol. The van der Waals surface area contributed by atoms with Crippen LogP contribution in [0.15, 0.2) is 23.4 Å². The second-order valence-electron chi connectivity index (χ2n) is 3.61. The van der Waals surface area contributed by atoms with Crippen LogP contribution in [-0.4, -0.2) is 16.8 Å². The zero-order valence-corrected chi connectivity index (χ0v) is 10.3. The smallest absolute Gasteiger partial charge is 0.330 e. The van der Waals surface area contributed by atoms with E-state index in [9.17, 15) is 13.2 Å². The lowest BCUT2D eigenvalue weighted by molar-refractivity contribution is -0.137. The van der Waals surface area contributed by atoms with Crippen molar-refractivity contribution in [1.29, 1.82) is 0 Å². The Kier molecular flexibility index (Phi) is 5.27. The van der Waals surface area contributed by atoms with Crippen LogP contribution in [-0.2, 0) is 6.18 Å². The molecule has 1 rings (SSSR count). The van der Waals surface area contributed by atoms with Gasteiger partial charge in [-0.15, -0.1) is 11.8 Å². The fourth-order valence-electron chi connectivity index (χ4n) is 1.32. The molecular weight excluding hydrogens is 249 g/mol. The number of pyridine rings is 1. The van der Waals surface area contributed by atoms with E-state index in [1.54, 1.807) is 0 Å². The molecule has 0 fully saturated rings. The minimum Gasteiger partial charge on any atom is -0.330 e. The second-order valence-corrected chi connectivity index (χ2v) is 4.93. The van der Waals surface area contributed by atoms with Crippen LogP contribution in [0.4, 0.5) is 13.2 Å². The van der Waals surface area contributed by atoms with Crippen molar-refractivity contribution in [3.8, 4) is 0 Å². The number of thioether (sulfide) groups is 1. The number of nitrogens with zero attached hydrogens (tertiary/aromatic N) is 1. The molecule has 0 aliphatic heterocycles. The van der Waals surface area contributed by atoms with Crippen LogP contribution >= 0.6 is 11.8 Å². The molecule has 1 heterocycles. The van der Waals surface area contributed by atoms with Crippen LogP contribution in [0.5, 0.6) is 0 Å². The summed E-state index contributed by atoms with van der Waals surface area (Å²) >= 11 is 1.47. The van der Waals surface area contributed by atoms with Gasteiger partial charge in [0.15, 0.2) is 0 Å². The SMILES string of the molecule is CCC(CCN)Sc1ccc(C(F)(F)F)cn1. The van der Waals surface area contributed by atoms with Gasteiger partial charge in [-0.2, -0.15) is 13.2 Å². The van der Waals surface area contributed by atoms with Gasteiger partial charge >= 0.3 is 6.18 Å². The highest BCUT2D eigenvalue weighted by atomic mass is 32.2. The van der Waals surface area contributed by atoms with Crippen LogP contribution in [0.1, 0.15) is 25.3 Å². The number of aromatic nitrogens is 1. The Bertz CT molecular complexity index is 338. The first-order chi connectivity index (χ1) is 7.97. The monoisotopic (exact) mass is 264 g/mol. The molecule has 0 amide bonds. The van der Waals surface area contributed by atoms with Gasteiger partial charge in [0.1, 0.15) is 0 Å². The maximum atomic E-state index is 12.3. The van der Waals surface area contributed by atoms with Crippen LogP contribution in [0, 0.1) is 0 Å². The summed E-state index contributed by atoms with van der Waals surface area (Å²) in [4.78, 5) is 3.82. The minimum atomic E-state index is -4.32. The number of halogens is 3. The third-order valence-electron chi connectivity index (χ3n) is 2.30. The molecule has 17 heavy (non-hydrogen) atoms. The highest BCUT2D eigenvalue weighted by Gasteiger charge is 2.30. The molecule has 0 saturated heterocycles. The first-order valence-electron chi connectivity index (χ1n) is 5.37. The number of alkyl halides is 3. The fourth-order valence-corrected chi connectivity index (χ4v) is 2.34. The Labute approximate surface area is 103 Å². The van der Waals surface area contributed by atoms with E-state index in [0.717, 1.165) is 25.1 Å². The third-order valence-corrected chi connectivity index (χ3v) is 3.68. The number of rotatable bonds is 5. The summed E-state index contributed by atoms with van der Waals surface area (Å²) in [6.07, 6.45) is -1.69. The van der Waals surface area contributed by atoms with Crippen LogP contribution in [0.25, 0.3) is 0 Å². The summed E-state index contributed by atoms with van der Waals surface area (Å²) in [6.45, 7) is 2.60. The second kappa shape index (κ2) is 6.26. The molecule has 0 saturated carbocycles. The largest absolute Gasteiger partial charge is 0.417 e. The van der Waals surface area contributed by atoms with Gasteiger partial charge < -0.3 is 5.73 Å². The lowest BCUT2D eigenvalue weighted by Crippen LogP contribution is -2.10. The van der Waals surface area contributed by atoms with E-state index < -0.39 is 11.7 Å². The lowest BCUT2D eigenvalue weighted by atomic mass is 10.2. The Morgan fingerprint density at radius 3 is 2.53 bits per heavy atom. The predicted octanol–water partition coefficient (Wildman–Crippen LogP) is 3.32. The first-order valence-corrected chi connectivity index (χ1v) is 6.25. The van der Waals surface area contributed by atoms with Crippen molar-refractivity contribution in [1.82, 2.24) is 4.98 Å². The lowest BCUT2D eigenvalue weighted by Gasteiger charge is -2.13. The highest BCUT2D eigenvalue weighted by molar-refractivity contribution is 7.99. The van der Waals surface area contributed by atoms with E-state index in [4.69, 9.17) is 5.73 Å². The average molecular weight is 264 g/mol. The summed E-state index contributed by atoms with van der Waals surface area (Å²) in [6, 6.07) is 2.47. The molecule has 2 nitrogen and oxygen atoms in total. The van der Waals surface area contributed by atoms with Crippen molar-refractivity contribution in [2.45, 2.75) is 36.2 Å². The van der Waals surface area contributed by atoms with E-state index in [1.165, 1.54) is 17.8 Å². The van der Waals surface area contributed by atoms with E-state index in [2.05, 4.69) is 4.98 Å². The molecule has 1 aromatic rings. The molecule has 1 atom stereocenters. The van der Waals surface area contributed by atoms with Gasteiger partial charge in [-0.1, -0.05) is 6.92 Å². The Hall–Kier alpha value is -0.750. The Balaban J connectivity index is 2.68. The van der Waals surface area contributed by atoms with E-state index in [0.29, 0.717) is 16.8 Å². The Morgan fingerprint density at radius 2 is 2.12 bits per heavy atom. The minimum absolute atomic E-state index is 0.309. The summed E-state index contributed by atoms with van der Waals surface area (Å²) < 4.78 is 36.9. The molecular formula is C11H15F3N2S. The fraction of sp³-hybridized carbons (Fsp3) is 0.545. The molecule has 96 valence electrons. The van der Waals surface area contributed by atoms with Gasteiger partial charge in [0.05, 0.1) is 10.6 Å². The molecule has 0 bridgehead atoms. The molecule has 0 radical (unpaired) electrons. The maximum Gasteiger partial charge on any atom is 0.417 e. The van der Waals surface area contributed by atoms with Crippen molar-refractivity contribution in [2.75, 3.05) is 6.54 Å². The summed E-state index contributed by atoms with van der Waals surface area (Å²) in [5.41, 5.74) is 4.74. The normalized spacial score (nSPS) is 13.7. The van der Waals surface area contributed by atoms with Crippen molar-refractivity contribution in [3.05, 3.63) is 23.9 Å². The zero-order valence-electron chi connectivity index (χ0n) is 9.50. The number of hydrogen-bond donors (Lipinski definition) is 1. The maximum absolute atomic E-state index is 12.3. The molecule has 6 heteroatoms. The van der Waals surface area contributed by atoms with Gasteiger partial charge in [0.2, 0.25) is 0 Å². The molecule has 0 aliphatic rings. The highest BCUT2D eigenvalue weighted by Crippen LogP contribution is 2.31. The van der Waals surface area contributed by atoms with Crippen LogP contribution in [0.2, 0.25) is 0 Å². The van der Waals surface area contributed by atoms with Crippen molar-refractivity contribution in [3.63, 3.8) is 0 Å². The van der Waals surface area contributed by atoms with Crippen molar-refractivity contribution in [2.24, 2.45) is 5.73 Å². The molecule has 0 spiro atoms. The molecule has 0 aromatic carbocycles. The Morgan fingerprint density at radius 1 is 1.41 bits per heavy atom.